The molecule has 0 bridgehead atoms. The van der Waals surface area contributed by atoms with Gasteiger partial charge >= 0.3 is 0 Å². The zero-order chi connectivity index (χ0) is 14.5. The van der Waals surface area contributed by atoms with E-state index in [0.717, 1.165) is 0 Å². The van der Waals surface area contributed by atoms with E-state index in [-0.39, 0.29) is 22.9 Å². The number of phenols is 1. The standard InChI is InChI=1S/C15H13ClFNO2/c16-11-5-3-6-12(17)14(11)15(20)18-9-8-10-4-1-2-7-13(10)19/h1-7,19H,8-9H2,(H,18,20). The number of carbonyl (C=O) groups is 1. The van der Waals surface area contributed by atoms with Crippen LogP contribution in [0.3, 0.4) is 0 Å². The summed E-state index contributed by atoms with van der Waals surface area (Å²) >= 11 is 5.80. The first-order chi connectivity index (χ1) is 9.59. The van der Waals surface area contributed by atoms with Crippen LogP contribution < -0.4 is 5.32 Å². The number of hydrogen-bond donors (Lipinski definition) is 2. The van der Waals surface area contributed by atoms with E-state index >= 15 is 0 Å². The minimum Gasteiger partial charge on any atom is -0.508 e. The average molecular weight is 294 g/mol. The van der Waals surface area contributed by atoms with Crippen LogP contribution in [0, 0.1) is 5.82 Å². The molecule has 104 valence electrons. The summed E-state index contributed by atoms with van der Waals surface area (Å²) in [6.07, 6.45) is 0.449. The largest absolute Gasteiger partial charge is 0.508 e. The van der Waals surface area contributed by atoms with Gasteiger partial charge < -0.3 is 10.4 Å². The maximum atomic E-state index is 13.5. The number of nitrogens with one attached hydrogen (secondary N) is 1. The van der Waals surface area contributed by atoms with E-state index in [2.05, 4.69) is 5.32 Å². The molecule has 0 aliphatic rings. The topological polar surface area (TPSA) is 49.3 Å². The molecule has 2 aromatic rings. The van der Waals surface area contributed by atoms with Crippen molar-refractivity contribution >= 4 is 17.5 Å². The lowest BCUT2D eigenvalue weighted by atomic mass is 10.1. The maximum absolute atomic E-state index is 13.5. The normalized spacial score (nSPS) is 10.3. The molecule has 0 spiro atoms. The first kappa shape index (κ1) is 14.3. The van der Waals surface area contributed by atoms with Crippen LogP contribution in [-0.2, 0) is 6.42 Å². The lowest BCUT2D eigenvalue weighted by molar-refractivity contribution is 0.0950. The Morgan fingerprint density at radius 2 is 1.95 bits per heavy atom. The molecular weight excluding hydrogens is 281 g/mol. The van der Waals surface area contributed by atoms with Gasteiger partial charge in [-0.05, 0) is 30.2 Å². The van der Waals surface area contributed by atoms with Gasteiger partial charge in [-0.15, -0.1) is 0 Å². The van der Waals surface area contributed by atoms with Crippen molar-refractivity contribution in [3.63, 3.8) is 0 Å². The zero-order valence-electron chi connectivity index (χ0n) is 10.6. The first-order valence-electron chi connectivity index (χ1n) is 6.08. The minimum absolute atomic E-state index is 0.0741. The number of amides is 1. The van der Waals surface area contributed by atoms with Crippen molar-refractivity contribution in [3.8, 4) is 5.75 Å². The quantitative estimate of drug-likeness (QED) is 0.910. The van der Waals surface area contributed by atoms with Crippen molar-refractivity contribution in [1.29, 1.82) is 0 Å². The minimum atomic E-state index is -0.655. The predicted octanol–water partition coefficient (Wildman–Crippen LogP) is 3.16. The molecule has 0 aliphatic carbocycles. The van der Waals surface area contributed by atoms with Gasteiger partial charge in [-0.25, -0.2) is 4.39 Å². The van der Waals surface area contributed by atoms with Gasteiger partial charge in [-0.3, -0.25) is 4.79 Å². The summed E-state index contributed by atoms with van der Waals surface area (Å²) in [5, 5.41) is 12.2. The van der Waals surface area contributed by atoms with Gasteiger partial charge in [0.05, 0.1) is 10.6 Å². The van der Waals surface area contributed by atoms with E-state index in [9.17, 15) is 14.3 Å². The number of benzene rings is 2. The van der Waals surface area contributed by atoms with Crippen LogP contribution in [0.15, 0.2) is 42.5 Å². The van der Waals surface area contributed by atoms with E-state index in [1.54, 1.807) is 24.3 Å². The van der Waals surface area contributed by atoms with E-state index < -0.39 is 11.7 Å². The Labute approximate surface area is 121 Å². The summed E-state index contributed by atoms with van der Waals surface area (Å²) in [7, 11) is 0. The molecule has 0 aliphatic heterocycles. The van der Waals surface area contributed by atoms with Crippen molar-refractivity contribution in [2.45, 2.75) is 6.42 Å². The second-order valence-corrected chi connectivity index (χ2v) is 4.64. The van der Waals surface area contributed by atoms with Gasteiger partial charge in [0.15, 0.2) is 0 Å². The molecular formula is C15H13ClFNO2. The van der Waals surface area contributed by atoms with Crippen molar-refractivity contribution in [2.75, 3.05) is 6.54 Å². The molecule has 5 heteroatoms. The van der Waals surface area contributed by atoms with Crippen LogP contribution in [0.25, 0.3) is 0 Å². The van der Waals surface area contributed by atoms with Crippen LogP contribution in [0.5, 0.6) is 5.75 Å². The molecule has 0 aromatic heterocycles. The third-order valence-corrected chi connectivity index (χ3v) is 3.18. The third kappa shape index (κ3) is 3.27. The molecule has 1 amide bonds. The molecule has 0 saturated heterocycles. The third-order valence-electron chi connectivity index (χ3n) is 2.86. The summed E-state index contributed by atoms with van der Waals surface area (Å²) in [6.45, 7) is 0.279. The van der Waals surface area contributed by atoms with Crippen LogP contribution in [0.2, 0.25) is 5.02 Å². The van der Waals surface area contributed by atoms with Gasteiger partial charge in [0.1, 0.15) is 11.6 Å². The molecule has 0 unspecified atom stereocenters. The summed E-state index contributed by atoms with van der Waals surface area (Å²) < 4.78 is 13.5. The van der Waals surface area contributed by atoms with Gasteiger partial charge in [0, 0.05) is 6.54 Å². The first-order valence-corrected chi connectivity index (χ1v) is 6.46. The number of rotatable bonds is 4. The van der Waals surface area contributed by atoms with Crippen LogP contribution in [0.1, 0.15) is 15.9 Å². The fraction of sp³-hybridized carbons (Fsp3) is 0.133. The fourth-order valence-corrected chi connectivity index (χ4v) is 2.08. The molecule has 3 nitrogen and oxygen atoms in total. The van der Waals surface area contributed by atoms with Crippen molar-refractivity contribution in [2.24, 2.45) is 0 Å². The van der Waals surface area contributed by atoms with Crippen molar-refractivity contribution < 1.29 is 14.3 Å². The Morgan fingerprint density at radius 3 is 2.65 bits per heavy atom. The molecule has 0 fully saturated rings. The zero-order valence-corrected chi connectivity index (χ0v) is 11.3. The molecule has 0 atom stereocenters. The highest BCUT2D eigenvalue weighted by molar-refractivity contribution is 6.33. The SMILES string of the molecule is O=C(NCCc1ccccc1O)c1c(F)cccc1Cl. The Hall–Kier alpha value is -2.07. The summed E-state index contributed by atoms with van der Waals surface area (Å²) in [6, 6.07) is 10.9. The highest BCUT2D eigenvalue weighted by Crippen LogP contribution is 2.19. The molecule has 0 heterocycles. The van der Waals surface area contributed by atoms with E-state index in [1.165, 1.54) is 18.2 Å². The monoisotopic (exact) mass is 293 g/mol. The Bertz CT molecular complexity index is 611. The second kappa shape index (κ2) is 6.39. The van der Waals surface area contributed by atoms with Crippen molar-refractivity contribution in [3.05, 3.63) is 64.4 Å². The number of phenolic OH excluding ortho intramolecular Hbond substituents is 1. The number of aromatic hydroxyl groups is 1. The number of para-hydroxylation sites is 1. The highest BCUT2D eigenvalue weighted by Gasteiger charge is 2.15. The summed E-state index contributed by atoms with van der Waals surface area (Å²) in [5.74, 6) is -1.05. The maximum Gasteiger partial charge on any atom is 0.255 e. The van der Waals surface area contributed by atoms with Crippen LogP contribution >= 0.6 is 11.6 Å². The lowest BCUT2D eigenvalue weighted by Crippen LogP contribution is -2.26. The summed E-state index contributed by atoms with van der Waals surface area (Å²) in [5.41, 5.74) is 0.555. The number of hydrogen-bond acceptors (Lipinski definition) is 2. The fourth-order valence-electron chi connectivity index (χ4n) is 1.84. The number of carbonyl (C=O) groups excluding carboxylic acids is 1. The van der Waals surface area contributed by atoms with Gasteiger partial charge in [-0.2, -0.15) is 0 Å². The Balaban J connectivity index is 1.98. The van der Waals surface area contributed by atoms with Crippen LogP contribution in [-0.4, -0.2) is 17.6 Å². The number of halogens is 2. The Kier molecular flexibility index (Phi) is 4.58. The van der Waals surface area contributed by atoms with E-state index in [1.807, 2.05) is 0 Å². The van der Waals surface area contributed by atoms with Gasteiger partial charge in [0.25, 0.3) is 5.91 Å². The molecule has 0 radical (unpaired) electrons. The predicted molar refractivity (Wildman–Crippen MR) is 75.6 cm³/mol. The van der Waals surface area contributed by atoms with Gasteiger partial charge in [0.2, 0.25) is 0 Å². The summed E-state index contributed by atoms with van der Waals surface area (Å²) in [4.78, 5) is 11.9. The molecule has 20 heavy (non-hydrogen) atoms. The van der Waals surface area contributed by atoms with Crippen LogP contribution in [0.4, 0.5) is 4.39 Å². The smallest absolute Gasteiger partial charge is 0.255 e. The molecule has 2 aromatic carbocycles. The molecule has 0 saturated carbocycles. The van der Waals surface area contributed by atoms with E-state index in [4.69, 9.17) is 11.6 Å². The second-order valence-electron chi connectivity index (χ2n) is 4.23. The van der Waals surface area contributed by atoms with E-state index in [0.29, 0.717) is 12.0 Å². The lowest BCUT2D eigenvalue weighted by Gasteiger charge is -2.08. The average Bonchev–Trinajstić information content (AvgIpc) is 2.41. The highest BCUT2D eigenvalue weighted by atomic mass is 35.5. The van der Waals surface area contributed by atoms with Crippen molar-refractivity contribution in [1.82, 2.24) is 5.32 Å². The van der Waals surface area contributed by atoms with Gasteiger partial charge in [-0.1, -0.05) is 35.9 Å². The Morgan fingerprint density at radius 1 is 1.20 bits per heavy atom. The molecule has 2 N–H and O–H groups in total. The molecule has 2 rings (SSSR count).